The minimum atomic E-state index is -0.220. The number of morpholine rings is 1. The quantitative estimate of drug-likeness (QED) is 0.647. The number of carbonyl (C=O) groups excluding carboxylic acids is 1. The zero-order valence-electron chi connectivity index (χ0n) is 16.4. The predicted octanol–water partition coefficient (Wildman–Crippen LogP) is 1.13. The molecule has 1 saturated heterocycles. The van der Waals surface area contributed by atoms with Gasteiger partial charge in [0.2, 0.25) is 11.9 Å². The average molecular weight is 396 g/mol. The van der Waals surface area contributed by atoms with E-state index in [1.807, 2.05) is 30.3 Å². The van der Waals surface area contributed by atoms with Gasteiger partial charge in [-0.05, 0) is 18.9 Å². The van der Waals surface area contributed by atoms with Gasteiger partial charge in [0.25, 0.3) is 11.3 Å². The van der Waals surface area contributed by atoms with Gasteiger partial charge in [0, 0.05) is 31.6 Å². The number of nitrogens with one attached hydrogen (secondary N) is 2. The van der Waals surface area contributed by atoms with Crippen LogP contribution in [0.4, 0.5) is 5.95 Å². The van der Waals surface area contributed by atoms with E-state index in [1.165, 1.54) is 4.52 Å². The van der Waals surface area contributed by atoms with Crippen molar-refractivity contribution >= 4 is 17.6 Å². The minimum Gasteiger partial charge on any atom is -0.378 e. The minimum absolute atomic E-state index is 0.0343. The summed E-state index contributed by atoms with van der Waals surface area (Å²) in [6.07, 6.45) is 0.625. The fourth-order valence-electron chi connectivity index (χ4n) is 3.41. The lowest BCUT2D eigenvalue weighted by Gasteiger charge is -2.26. The number of H-pyrrole nitrogens is 1. The van der Waals surface area contributed by atoms with Gasteiger partial charge >= 0.3 is 0 Å². The first-order chi connectivity index (χ1) is 14.1. The highest BCUT2D eigenvalue weighted by Gasteiger charge is 2.19. The van der Waals surface area contributed by atoms with Crippen LogP contribution in [0.5, 0.6) is 0 Å². The first-order valence-corrected chi connectivity index (χ1v) is 9.73. The van der Waals surface area contributed by atoms with Crippen LogP contribution in [0.25, 0.3) is 5.78 Å². The summed E-state index contributed by atoms with van der Waals surface area (Å²) in [7, 11) is 0. The molecular weight excluding hydrogens is 372 g/mol. The van der Waals surface area contributed by atoms with E-state index >= 15 is 0 Å². The number of amides is 1. The number of nitrogens with zero attached hydrogens (tertiary/aromatic N) is 4. The Morgan fingerprint density at radius 3 is 2.72 bits per heavy atom. The highest BCUT2D eigenvalue weighted by molar-refractivity contribution is 5.76. The van der Waals surface area contributed by atoms with Crippen LogP contribution in [0.2, 0.25) is 0 Å². The second-order valence-electron chi connectivity index (χ2n) is 7.02. The van der Waals surface area contributed by atoms with Gasteiger partial charge < -0.3 is 15.0 Å². The number of aryl methyl sites for hydroxylation is 1. The number of aromatic nitrogens is 4. The summed E-state index contributed by atoms with van der Waals surface area (Å²) in [6.45, 7) is 4.69. The lowest BCUT2D eigenvalue weighted by atomic mass is 10.1. The zero-order chi connectivity index (χ0) is 20.2. The van der Waals surface area contributed by atoms with E-state index in [4.69, 9.17) is 4.74 Å². The first-order valence-electron chi connectivity index (χ1n) is 9.73. The summed E-state index contributed by atoms with van der Waals surface area (Å²) in [5.41, 5.74) is 2.02. The normalized spacial score (nSPS) is 14.3. The molecule has 29 heavy (non-hydrogen) atoms. The smallest absolute Gasteiger partial charge is 0.277 e. The summed E-state index contributed by atoms with van der Waals surface area (Å²) >= 11 is 0. The van der Waals surface area contributed by atoms with E-state index in [0.29, 0.717) is 62.3 Å². The third-order valence-electron chi connectivity index (χ3n) is 5.05. The van der Waals surface area contributed by atoms with Crippen molar-refractivity contribution < 1.29 is 9.53 Å². The second-order valence-corrected chi connectivity index (χ2v) is 7.02. The molecule has 4 rings (SSSR count). The van der Waals surface area contributed by atoms with Crippen LogP contribution in [0.1, 0.15) is 23.2 Å². The molecule has 2 N–H and O–H groups in total. The third-order valence-corrected chi connectivity index (χ3v) is 5.05. The van der Waals surface area contributed by atoms with Crippen LogP contribution >= 0.6 is 0 Å². The molecule has 3 aromatic rings. The molecule has 3 heterocycles. The largest absolute Gasteiger partial charge is 0.378 e. The van der Waals surface area contributed by atoms with Crippen LogP contribution in [0.15, 0.2) is 35.1 Å². The van der Waals surface area contributed by atoms with Crippen LogP contribution in [-0.2, 0) is 22.5 Å². The van der Waals surface area contributed by atoms with Crippen molar-refractivity contribution in [2.24, 2.45) is 0 Å². The number of hydrogen-bond donors (Lipinski definition) is 2. The summed E-state index contributed by atoms with van der Waals surface area (Å²) in [4.78, 5) is 35.9. The Morgan fingerprint density at radius 1 is 1.21 bits per heavy atom. The zero-order valence-corrected chi connectivity index (χ0v) is 16.4. The summed E-state index contributed by atoms with van der Waals surface area (Å²) < 4.78 is 6.60. The molecule has 2 aromatic heterocycles. The molecule has 152 valence electrons. The maximum Gasteiger partial charge on any atom is 0.277 e. The number of aromatic amines is 1. The summed E-state index contributed by atoms with van der Waals surface area (Å²) in [5, 5.41) is 6.13. The van der Waals surface area contributed by atoms with Crippen LogP contribution in [-0.4, -0.2) is 56.7 Å². The molecule has 1 aliphatic heterocycles. The molecule has 1 fully saturated rings. The van der Waals surface area contributed by atoms with E-state index < -0.39 is 0 Å². The molecule has 1 aliphatic rings. The molecule has 0 spiro atoms. The standard InChI is InChI=1S/C20H24N6O3/c1-14-16(7-8-17(27)25-9-11-29-12-10-25)18(28)26-20(22-14)23-19(24-26)21-13-15-5-3-2-4-6-15/h2-6H,7-13H2,1H3,(H2,21,22,23,24). The van der Waals surface area contributed by atoms with Gasteiger partial charge in [0.05, 0.1) is 18.9 Å². The molecule has 0 unspecified atom stereocenters. The topological polar surface area (TPSA) is 105 Å². The SMILES string of the molecule is Cc1nc2nc(NCc3ccccc3)[nH]n2c(=O)c1CCC(=O)N1CCOCC1. The van der Waals surface area contributed by atoms with Crippen LogP contribution in [0, 0.1) is 6.92 Å². The van der Waals surface area contributed by atoms with Gasteiger partial charge in [-0.3, -0.25) is 14.7 Å². The molecule has 0 bridgehead atoms. The van der Waals surface area contributed by atoms with Crippen LogP contribution < -0.4 is 10.9 Å². The lowest BCUT2D eigenvalue weighted by Crippen LogP contribution is -2.41. The van der Waals surface area contributed by atoms with Gasteiger partial charge in [-0.15, -0.1) is 0 Å². The number of carbonyl (C=O) groups is 1. The van der Waals surface area contributed by atoms with Gasteiger partial charge in [0.15, 0.2) is 0 Å². The fourth-order valence-corrected chi connectivity index (χ4v) is 3.41. The van der Waals surface area contributed by atoms with E-state index in [1.54, 1.807) is 11.8 Å². The van der Waals surface area contributed by atoms with E-state index in [-0.39, 0.29) is 17.9 Å². The highest BCUT2D eigenvalue weighted by atomic mass is 16.5. The van der Waals surface area contributed by atoms with Gasteiger partial charge in [-0.1, -0.05) is 30.3 Å². The van der Waals surface area contributed by atoms with Gasteiger partial charge in [-0.2, -0.15) is 9.50 Å². The summed E-state index contributed by atoms with van der Waals surface area (Å²) in [5.74, 6) is 0.817. The summed E-state index contributed by atoms with van der Waals surface area (Å²) in [6, 6.07) is 9.91. The van der Waals surface area contributed by atoms with Crippen molar-refractivity contribution in [2.75, 3.05) is 31.6 Å². The maximum absolute atomic E-state index is 12.9. The molecular formula is C20H24N6O3. The van der Waals surface area contributed by atoms with Crippen LogP contribution in [0.3, 0.4) is 0 Å². The van der Waals surface area contributed by atoms with E-state index in [0.717, 1.165) is 5.56 Å². The lowest BCUT2D eigenvalue weighted by molar-refractivity contribution is -0.135. The number of hydrogen-bond acceptors (Lipinski definition) is 6. The molecule has 0 atom stereocenters. The number of benzene rings is 1. The second kappa shape index (κ2) is 8.44. The molecule has 9 nitrogen and oxygen atoms in total. The Bertz CT molecular complexity index is 1050. The Morgan fingerprint density at radius 2 is 1.97 bits per heavy atom. The molecule has 1 amide bonds. The maximum atomic E-state index is 12.9. The van der Waals surface area contributed by atoms with Crippen molar-refractivity contribution in [1.29, 1.82) is 0 Å². The number of fused-ring (bicyclic) bond motifs is 1. The molecule has 0 radical (unpaired) electrons. The first kappa shape index (κ1) is 19.1. The number of anilines is 1. The Kier molecular flexibility index (Phi) is 5.57. The van der Waals surface area contributed by atoms with Crippen molar-refractivity contribution in [3.63, 3.8) is 0 Å². The Hall–Kier alpha value is -3.20. The predicted molar refractivity (Wildman–Crippen MR) is 108 cm³/mol. The molecule has 1 aromatic carbocycles. The number of ether oxygens (including phenoxy) is 1. The Balaban J connectivity index is 1.48. The monoisotopic (exact) mass is 396 g/mol. The van der Waals surface area contributed by atoms with Crippen molar-refractivity contribution in [1.82, 2.24) is 24.5 Å². The van der Waals surface area contributed by atoms with Gasteiger partial charge in [-0.25, -0.2) is 4.98 Å². The van der Waals surface area contributed by atoms with E-state index in [9.17, 15) is 9.59 Å². The van der Waals surface area contributed by atoms with Gasteiger partial charge in [0.1, 0.15) is 0 Å². The fraction of sp³-hybridized carbons (Fsp3) is 0.400. The number of rotatable bonds is 6. The Labute approximate surface area is 167 Å². The molecule has 9 heteroatoms. The molecule has 0 saturated carbocycles. The van der Waals surface area contributed by atoms with E-state index in [2.05, 4.69) is 20.4 Å². The highest BCUT2D eigenvalue weighted by Crippen LogP contribution is 2.10. The molecule has 0 aliphatic carbocycles. The van der Waals surface area contributed by atoms with Crippen molar-refractivity contribution in [3.05, 3.63) is 57.5 Å². The average Bonchev–Trinajstić information content (AvgIpc) is 3.16. The van der Waals surface area contributed by atoms with Crippen molar-refractivity contribution in [2.45, 2.75) is 26.3 Å². The third kappa shape index (κ3) is 4.29. The van der Waals surface area contributed by atoms with Crippen molar-refractivity contribution in [3.8, 4) is 0 Å².